The Morgan fingerprint density at radius 3 is 2.77 bits per heavy atom. The van der Waals surface area contributed by atoms with E-state index in [1.165, 1.54) is 13.8 Å². The molecule has 4 rings (SSSR count). The van der Waals surface area contributed by atoms with Crippen molar-refractivity contribution in [2.24, 2.45) is 5.92 Å². The second-order valence-electron chi connectivity index (χ2n) is 7.43. The van der Waals surface area contributed by atoms with Crippen LogP contribution in [0, 0.1) is 19.8 Å². The number of hydrogen-bond donors (Lipinski definition) is 3. The zero-order chi connectivity index (χ0) is 21.5. The van der Waals surface area contributed by atoms with Gasteiger partial charge in [0.15, 0.2) is 5.76 Å². The molecule has 1 saturated carbocycles. The first kappa shape index (κ1) is 20.6. The van der Waals surface area contributed by atoms with Gasteiger partial charge in [0.2, 0.25) is 10.0 Å². The van der Waals surface area contributed by atoms with Crippen LogP contribution in [0.5, 0.6) is 0 Å². The molecule has 30 heavy (non-hydrogen) atoms. The van der Waals surface area contributed by atoms with E-state index in [9.17, 15) is 18.6 Å². The number of rotatable bonds is 6. The van der Waals surface area contributed by atoms with E-state index >= 15 is 0 Å². The summed E-state index contributed by atoms with van der Waals surface area (Å²) in [6.45, 7) is 3.30. The number of aryl methyl sites for hydroxylation is 2. The standard InChI is InChI=1S/C18H22N6O5S/c1-10-18(11(2)29-21-10)30(27,28)22-14-6-13(16(25)17(14)26)8-24-9-15(20-23-24)12-4-3-5-19-7-12/h3-5,7,9,13-14,16-17,22,25-26H,6,8H2,1-2H3/t13-,14-,16-,17+/m1/s1. The maximum absolute atomic E-state index is 12.7. The smallest absolute Gasteiger partial charge is 0.246 e. The quantitative estimate of drug-likeness (QED) is 0.487. The summed E-state index contributed by atoms with van der Waals surface area (Å²) in [5, 5.41) is 32.7. The van der Waals surface area contributed by atoms with Gasteiger partial charge < -0.3 is 14.7 Å². The topological polar surface area (TPSA) is 156 Å². The Balaban J connectivity index is 1.47. The molecule has 3 heterocycles. The maximum atomic E-state index is 12.7. The van der Waals surface area contributed by atoms with Crippen LogP contribution in [-0.2, 0) is 16.6 Å². The Hall–Kier alpha value is -2.67. The van der Waals surface area contributed by atoms with Crippen molar-refractivity contribution in [3.63, 3.8) is 0 Å². The Bertz CT molecular complexity index is 1110. The third-order valence-electron chi connectivity index (χ3n) is 5.26. The first-order valence-electron chi connectivity index (χ1n) is 9.38. The molecule has 0 radical (unpaired) electrons. The molecule has 12 heteroatoms. The SMILES string of the molecule is Cc1noc(C)c1S(=O)(=O)N[C@@H]1C[C@H](Cn2cc(-c3cccnc3)nn2)[C@@H](O)[C@H]1O. The molecule has 0 aliphatic heterocycles. The molecule has 160 valence electrons. The molecule has 0 saturated heterocycles. The lowest BCUT2D eigenvalue weighted by molar-refractivity contribution is 0.00972. The molecule has 4 atom stereocenters. The van der Waals surface area contributed by atoms with E-state index < -0.39 is 34.2 Å². The number of nitrogens with zero attached hydrogens (tertiary/aromatic N) is 5. The summed E-state index contributed by atoms with van der Waals surface area (Å²) in [7, 11) is -3.97. The van der Waals surface area contributed by atoms with Gasteiger partial charge in [0.25, 0.3) is 0 Å². The van der Waals surface area contributed by atoms with Gasteiger partial charge in [-0.2, -0.15) is 0 Å². The Kier molecular flexibility index (Phi) is 5.40. The molecule has 0 spiro atoms. The summed E-state index contributed by atoms with van der Waals surface area (Å²) in [4.78, 5) is 4.00. The fraction of sp³-hybridized carbons (Fsp3) is 0.444. The molecule has 1 fully saturated rings. The second kappa shape index (κ2) is 7.87. The van der Waals surface area contributed by atoms with Gasteiger partial charge in [-0.1, -0.05) is 10.4 Å². The fourth-order valence-corrected chi connectivity index (χ4v) is 5.41. The second-order valence-corrected chi connectivity index (χ2v) is 9.08. The summed E-state index contributed by atoms with van der Waals surface area (Å²) in [5.41, 5.74) is 1.67. The number of sulfonamides is 1. The van der Waals surface area contributed by atoms with Crippen molar-refractivity contribution < 1.29 is 23.2 Å². The lowest BCUT2D eigenvalue weighted by Gasteiger charge is -2.18. The zero-order valence-electron chi connectivity index (χ0n) is 16.4. The van der Waals surface area contributed by atoms with E-state index in [1.807, 2.05) is 6.07 Å². The van der Waals surface area contributed by atoms with Crippen LogP contribution >= 0.6 is 0 Å². The highest BCUT2D eigenvalue weighted by Crippen LogP contribution is 2.30. The van der Waals surface area contributed by atoms with Crippen LogP contribution in [0.3, 0.4) is 0 Å². The zero-order valence-corrected chi connectivity index (χ0v) is 17.2. The van der Waals surface area contributed by atoms with Crippen molar-refractivity contribution in [3.8, 4) is 11.3 Å². The van der Waals surface area contributed by atoms with Crippen molar-refractivity contribution in [3.05, 3.63) is 42.2 Å². The number of nitrogens with one attached hydrogen (secondary N) is 1. The van der Waals surface area contributed by atoms with Gasteiger partial charge in [0.1, 0.15) is 16.3 Å². The van der Waals surface area contributed by atoms with Crippen LogP contribution in [-0.4, -0.2) is 62.0 Å². The number of hydrogen-bond acceptors (Lipinski definition) is 9. The molecule has 3 aromatic rings. The minimum absolute atomic E-state index is 0.0509. The van der Waals surface area contributed by atoms with Gasteiger partial charge in [-0.15, -0.1) is 5.10 Å². The molecule has 0 unspecified atom stereocenters. The lowest BCUT2D eigenvalue weighted by Crippen LogP contribution is -2.43. The number of aliphatic hydroxyl groups excluding tert-OH is 2. The van der Waals surface area contributed by atoms with Gasteiger partial charge in [0, 0.05) is 30.4 Å². The third kappa shape index (κ3) is 3.86. The molecule has 0 bridgehead atoms. The first-order valence-corrected chi connectivity index (χ1v) is 10.9. The highest BCUT2D eigenvalue weighted by molar-refractivity contribution is 7.89. The van der Waals surface area contributed by atoms with E-state index in [0.717, 1.165) is 5.56 Å². The Morgan fingerprint density at radius 1 is 1.30 bits per heavy atom. The van der Waals surface area contributed by atoms with E-state index in [0.29, 0.717) is 5.69 Å². The minimum Gasteiger partial charge on any atom is -0.390 e. The molecule has 3 N–H and O–H groups in total. The molecule has 3 aromatic heterocycles. The van der Waals surface area contributed by atoms with Crippen LogP contribution < -0.4 is 4.72 Å². The van der Waals surface area contributed by atoms with Crippen LogP contribution in [0.1, 0.15) is 17.9 Å². The van der Waals surface area contributed by atoms with Crippen molar-refractivity contribution in [2.75, 3.05) is 0 Å². The van der Waals surface area contributed by atoms with Gasteiger partial charge in [-0.25, -0.2) is 13.1 Å². The van der Waals surface area contributed by atoms with Crippen LogP contribution in [0.4, 0.5) is 0 Å². The van der Waals surface area contributed by atoms with Crippen molar-refractivity contribution in [2.45, 2.75) is 50.0 Å². The van der Waals surface area contributed by atoms with Gasteiger partial charge in [-0.3, -0.25) is 9.67 Å². The number of aromatic nitrogens is 5. The van der Waals surface area contributed by atoms with Crippen LogP contribution in [0.25, 0.3) is 11.3 Å². The van der Waals surface area contributed by atoms with E-state index in [2.05, 4.69) is 25.2 Å². The third-order valence-corrected chi connectivity index (χ3v) is 7.00. The molecule has 0 amide bonds. The lowest BCUT2D eigenvalue weighted by atomic mass is 10.1. The number of pyridine rings is 1. The fourth-order valence-electron chi connectivity index (χ4n) is 3.81. The highest BCUT2D eigenvalue weighted by Gasteiger charge is 2.44. The first-order chi connectivity index (χ1) is 14.3. The average molecular weight is 434 g/mol. The van der Waals surface area contributed by atoms with Gasteiger partial charge in [0.05, 0.1) is 24.4 Å². The predicted molar refractivity (Wildman–Crippen MR) is 103 cm³/mol. The summed E-state index contributed by atoms with van der Waals surface area (Å²) in [6.07, 6.45) is 2.90. The minimum atomic E-state index is -3.97. The van der Waals surface area contributed by atoms with Crippen molar-refractivity contribution in [1.29, 1.82) is 0 Å². The largest absolute Gasteiger partial charge is 0.390 e. The van der Waals surface area contributed by atoms with Gasteiger partial charge >= 0.3 is 0 Å². The van der Waals surface area contributed by atoms with Crippen LogP contribution in [0.15, 0.2) is 40.1 Å². The molecule has 1 aliphatic carbocycles. The van der Waals surface area contributed by atoms with Crippen LogP contribution in [0.2, 0.25) is 0 Å². The average Bonchev–Trinajstić information content (AvgIpc) is 3.38. The normalized spacial score (nSPS) is 24.4. The summed E-state index contributed by atoms with van der Waals surface area (Å²) in [5.74, 6) is -0.254. The highest BCUT2D eigenvalue weighted by atomic mass is 32.2. The van der Waals surface area contributed by atoms with E-state index in [-0.39, 0.29) is 29.3 Å². The Morgan fingerprint density at radius 2 is 2.10 bits per heavy atom. The summed E-state index contributed by atoms with van der Waals surface area (Å²) < 4.78 is 34.4. The molecule has 1 aliphatic rings. The summed E-state index contributed by atoms with van der Waals surface area (Å²) >= 11 is 0. The molecule has 11 nitrogen and oxygen atoms in total. The molecular weight excluding hydrogens is 412 g/mol. The van der Waals surface area contributed by atoms with Crippen molar-refractivity contribution >= 4 is 10.0 Å². The van der Waals surface area contributed by atoms with Crippen molar-refractivity contribution in [1.82, 2.24) is 29.9 Å². The summed E-state index contributed by atoms with van der Waals surface area (Å²) in [6, 6.07) is 2.79. The molecule has 0 aromatic carbocycles. The van der Waals surface area contributed by atoms with Gasteiger partial charge in [-0.05, 0) is 32.4 Å². The van der Waals surface area contributed by atoms with E-state index in [4.69, 9.17) is 4.52 Å². The predicted octanol–water partition coefficient (Wildman–Crippen LogP) is 0.0337. The molecular formula is C18H22N6O5S. The monoisotopic (exact) mass is 434 g/mol. The maximum Gasteiger partial charge on any atom is 0.246 e. The number of aliphatic hydroxyl groups is 2. The Labute approximate surface area is 172 Å². The van der Waals surface area contributed by atoms with E-state index in [1.54, 1.807) is 29.3 Å².